The van der Waals surface area contributed by atoms with Gasteiger partial charge in [0.05, 0.1) is 26.3 Å². The van der Waals surface area contributed by atoms with Gasteiger partial charge in [-0.15, -0.1) is 0 Å². The lowest BCUT2D eigenvalue weighted by Gasteiger charge is -2.39. The number of allylic oxidation sites excluding steroid dienone is 2. The summed E-state index contributed by atoms with van der Waals surface area (Å²) in [5, 5.41) is 24.4. The van der Waals surface area contributed by atoms with E-state index in [1.807, 2.05) is 12.1 Å². The van der Waals surface area contributed by atoms with Crippen LogP contribution in [0.5, 0.6) is 28.7 Å². The summed E-state index contributed by atoms with van der Waals surface area (Å²) >= 11 is 0. The second-order valence-electron chi connectivity index (χ2n) is 13.7. The summed E-state index contributed by atoms with van der Waals surface area (Å²) in [7, 11) is 3.15. The molecule has 5 atom stereocenters. The Morgan fingerprint density at radius 2 is 1.92 bits per heavy atom. The highest BCUT2D eigenvalue weighted by Crippen LogP contribution is 2.62. The number of rotatable bonds is 8. The number of aromatic hydroxyl groups is 2. The van der Waals surface area contributed by atoms with Crippen LogP contribution < -0.4 is 25.3 Å². The summed E-state index contributed by atoms with van der Waals surface area (Å²) < 4.78 is 24.0. The minimum Gasteiger partial charge on any atom is -0.508 e. The lowest BCUT2D eigenvalue weighted by molar-refractivity contribution is -0.141. The topological polar surface area (TPSA) is 133 Å². The number of nitrogens with one attached hydrogen (secondary N) is 1. The molecule has 2 aliphatic carbocycles. The number of ether oxygens (including phenoxy) is 4. The highest BCUT2D eigenvalue weighted by atomic mass is 16.5. The second-order valence-corrected chi connectivity index (χ2v) is 13.7. The monoisotopic (exact) mass is 652 g/mol. The molecule has 3 aromatic carbocycles. The predicted octanol–water partition coefficient (Wildman–Crippen LogP) is 6.65. The van der Waals surface area contributed by atoms with Crippen molar-refractivity contribution in [3.05, 3.63) is 88.1 Å². The second kappa shape index (κ2) is 12.4. The van der Waals surface area contributed by atoms with Gasteiger partial charge in [-0.3, -0.25) is 4.79 Å². The fraction of sp³-hybridized carbons (Fsp3) is 0.410. The Morgan fingerprint density at radius 3 is 2.67 bits per heavy atom. The average Bonchev–Trinajstić information content (AvgIpc) is 3.65. The molecule has 48 heavy (non-hydrogen) atoms. The van der Waals surface area contributed by atoms with Crippen LogP contribution in [0.1, 0.15) is 80.2 Å². The Labute approximate surface area is 281 Å². The van der Waals surface area contributed by atoms with Crippen molar-refractivity contribution >= 4 is 5.97 Å². The number of esters is 1. The Bertz CT molecular complexity index is 1830. The molecule has 3 aromatic rings. The number of phenolic OH excluding ortho intramolecular Hbond substituents is 2. The normalized spacial score (nSPS) is 25.2. The van der Waals surface area contributed by atoms with Crippen molar-refractivity contribution < 1.29 is 34.0 Å². The summed E-state index contributed by atoms with van der Waals surface area (Å²) in [6.45, 7) is 3.70. The summed E-state index contributed by atoms with van der Waals surface area (Å²) in [5.41, 5.74) is 14.5. The van der Waals surface area contributed by atoms with Gasteiger partial charge in [-0.25, -0.2) is 0 Å². The zero-order chi connectivity index (χ0) is 33.7. The smallest absolute Gasteiger partial charge is 0.302 e. The zero-order valence-corrected chi connectivity index (χ0v) is 28.0. The summed E-state index contributed by atoms with van der Waals surface area (Å²) in [6, 6.07) is 13.0. The molecule has 2 heterocycles. The molecule has 9 heteroatoms. The van der Waals surface area contributed by atoms with Crippen molar-refractivity contribution in [2.75, 3.05) is 20.8 Å². The highest BCUT2D eigenvalue weighted by Gasteiger charge is 2.50. The molecule has 0 aromatic heterocycles. The van der Waals surface area contributed by atoms with E-state index < -0.39 is 6.10 Å². The maximum atomic E-state index is 12.1. The third-order valence-electron chi connectivity index (χ3n) is 10.8. The first-order valence-corrected chi connectivity index (χ1v) is 16.8. The number of nitrogens with two attached hydrogens (primary N) is 1. The third-order valence-corrected chi connectivity index (χ3v) is 10.8. The van der Waals surface area contributed by atoms with Crippen LogP contribution in [-0.2, 0) is 21.4 Å². The van der Waals surface area contributed by atoms with Gasteiger partial charge in [0.15, 0.2) is 11.5 Å². The van der Waals surface area contributed by atoms with Crippen LogP contribution in [-0.4, -0.2) is 43.2 Å². The molecule has 2 aliphatic heterocycles. The Morgan fingerprint density at radius 1 is 1.10 bits per heavy atom. The van der Waals surface area contributed by atoms with Crippen LogP contribution in [0.15, 0.2) is 65.9 Å². The molecule has 252 valence electrons. The van der Waals surface area contributed by atoms with Gasteiger partial charge in [0.25, 0.3) is 0 Å². The van der Waals surface area contributed by atoms with Crippen LogP contribution in [0.3, 0.4) is 0 Å². The molecule has 4 aliphatic rings. The molecule has 1 unspecified atom stereocenters. The molecule has 1 saturated carbocycles. The molecule has 5 N–H and O–H groups in total. The predicted molar refractivity (Wildman–Crippen MR) is 182 cm³/mol. The minimum atomic E-state index is -0.474. The van der Waals surface area contributed by atoms with E-state index in [-0.39, 0.29) is 41.6 Å². The lowest BCUT2D eigenvalue weighted by Crippen LogP contribution is -2.37. The maximum absolute atomic E-state index is 12.1. The maximum Gasteiger partial charge on any atom is 0.302 e. The van der Waals surface area contributed by atoms with Crippen molar-refractivity contribution in [2.24, 2.45) is 11.7 Å². The van der Waals surface area contributed by atoms with Crippen LogP contribution in [0.25, 0.3) is 11.1 Å². The van der Waals surface area contributed by atoms with Crippen molar-refractivity contribution in [2.45, 2.75) is 76.0 Å². The standard InChI is InChI=1S/C39H44N2O7/c1-5-24-13-23(19-41-38(24)40)12-22-10-11-39(17-22)18-26-14-27(43)16-33(46-4)34(26)29-8-7-28-30(20-47-21(2)42)36(48-37(28)35(29)39)25-6-9-31(44)32(15-25)45-3/h6-9,13-16,19,22,30,36,38,41,43-44H,5,10-12,17-18,20,40H2,1-4H3/t22-,30-,36+,38?,39-/m0/s1. The van der Waals surface area contributed by atoms with E-state index in [9.17, 15) is 15.0 Å². The van der Waals surface area contributed by atoms with Gasteiger partial charge in [-0.1, -0.05) is 31.2 Å². The number of carbonyl (C=O) groups excluding carboxylic acids is 1. The van der Waals surface area contributed by atoms with E-state index >= 15 is 0 Å². The largest absolute Gasteiger partial charge is 0.508 e. The molecular formula is C39H44N2O7. The summed E-state index contributed by atoms with van der Waals surface area (Å²) in [4.78, 5) is 12.1. The van der Waals surface area contributed by atoms with E-state index in [0.717, 1.165) is 77.7 Å². The van der Waals surface area contributed by atoms with Crippen molar-refractivity contribution in [3.8, 4) is 39.9 Å². The van der Waals surface area contributed by atoms with E-state index in [1.54, 1.807) is 25.3 Å². The van der Waals surface area contributed by atoms with E-state index in [1.165, 1.54) is 25.2 Å². The van der Waals surface area contributed by atoms with Crippen LogP contribution in [0, 0.1) is 5.92 Å². The molecule has 1 spiro atoms. The van der Waals surface area contributed by atoms with Crippen molar-refractivity contribution in [1.82, 2.24) is 5.32 Å². The van der Waals surface area contributed by atoms with Crippen molar-refractivity contribution in [3.63, 3.8) is 0 Å². The highest BCUT2D eigenvalue weighted by molar-refractivity contribution is 5.84. The summed E-state index contributed by atoms with van der Waals surface area (Å²) in [5.74, 6) is 1.82. The number of carbonyl (C=O) groups is 1. The fourth-order valence-electron chi connectivity index (χ4n) is 8.64. The molecule has 0 amide bonds. The van der Waals surface area contributed by atoms with Gasteiger partial charge >= 0.3 is 5.97 Å². The summed E-state index contributed by atoms with van der Waals surface area (Å²) in [6.07, 6.45) is 9.25. The van der Waals surface area contributed by atoms with Gasteiger partial charge in [0, 0.05) is 41.3 Å². The SMILES string of the molecule is CCC1=CC(C[C@@H]2CC[C@@]3(Cc4cc(O)cc(OC)c4-c4ccc5c(c43)O[C@H](c3ccc(O)c(OC)c3)[C@H]5COC(C)=O)C2)=CNC1N. The average molecular weight is 653 g/mol. The first-order valence-electron chi connectivity index (χ1n) is 16.8. The van der Waals surface area contributed by atoms with E-state index in [2.05, 4.69) is 36.6 Å². The molecule has 0 saturated heterocycles. The van der Waals surface area contributed by atoms with Gasteiger partial charge in [0.2, 0.25) is 0 Å². The number of methoxy groups -OCH3 is 2. The third kappa shape index (κ3) is 5.44. The van der Waals surface area contributed by atoms with E-state index in [0.29, 0.717) is 17.4 Å². The number of phenols is 2. The Hall–Kier alpha value is -4.63. The molecule has 0 radical (unpaired) electrons. The minimum absolute atomic E-state index is 0.0414. The van der Waals surface area contributed by atoms with Gasteiger partial charge in [-0.05, 0) is 90.5 Å². The molecule has 7 rings (SSSR count). The number of hydrogen-bond acceptors (Lipinski definition) is 9. The van der Waals surface area contributed by atoms with Crippen LogP contribution in [0.2, 0.25) is 0 Å². The van der Waals surface area contributed by atoms with Crippen LogP contribution in [0.4, 0.5) is 0 Å². The number of benzene rings is 3. The fourth-order valence-corrected chi connectivity index (χ4v) is 8.64. The van der Waals surface area contributed by atoms with Crippen molar-refractivity contribution in [1.29, 1.82) is 0 Å². The molecular weight excluding hydrogens is 608 g/mol. The first-order chi connectivity index (χ1) is 23.1. The molecule has 9 nitrogen and oxygen atoms in total. The van der Waals surface area contributed by atoms with Crippen LogP contribution >= 0.6 is 0 Å². The number of dihydropyridines is 1. The zero-order valence-electron chi connectivity index (χ0n) is 28.0. The lowest BCUT2D eigenvalue weighted by atomic mass is 9.65. The van der Waals surface area contributed by atoms with Gasteiger partial charge in [-0.2, -0.15) is 0 Å². The Balaban J connectivity index is 1.35. The number of hydrogen-bond donors (Lipinski definition) is 4. The first kappa shape index (κ1) is 31.9. The van der Waals surface area contributed by atoms with Gasteiger partial charge < -0.3 is 40.2 Å². The molecule has 0 bridgehead atoms. The van der Waals surface area contributed by atoms with E-state index in [4.69, 9.17) is 24.7 Å². The number of fused-ring (bicyclic) bond motifs is 6. The van der Waals surface area contributed by atoms with Gasteiger partial charge in [0.1, 0.15) is 30.0 Å². The Kier molecular flexibility index (Phi) is 8.27. The molecule has 1 fully saturated rings. The quantitative estimate of drug-likeness (QED) is 0.197.